The number of rotatable bonds is 3. The Bertz CT molecular complexity index is 839. The molecule has 4 saturated carbocycles. The lowest BCUT2D eigenvalue weighted by Crippen LogP contribution is -2.55. The molecule has 8 atom stereocenters. The molecule has 4 aliphatic rings. The molecular formula is C29H42O2. The van der Waals surface area contributed by atoms with E-state index in [0.29, 0.717) is 23.0 Å². The summed E-state index contributed by atoms with van der Waals surface area (Å²) in [5, 5.41) is 10.7. The summed E-state index contributed by atoms with van der Waals surface area (Å²) in [6.45, 7) is 9.24. The van der Waals surface area contributed by atoms with Gasteiger partial charge in [0.15, 0.2) is 5.78 Å². The Morgan fingerprint density at radius 2 is 1.61 bits per heavy atom. The van der Waals surface area contributed by atoms with Crippen LogP contribution in [0.4, 0.5) is 0 Å². The van der Waals surface area contributed by atoms with E-state index in [1.165, 1.54) is 44.1 Å². The second-order valence-corrected chi connectivity index (χ2v) is 12.4. The monoisotopic (exact) mass is 422 g/mol. The zero-order valence-corrected chi connectivity index (χ0v) is 20.1. The smallest absolute Gasteiger partial charge is 0.166 e. The van der Waals surface area contributed by atoms with Gasteiger partial charge in [-0.15, -0.1) is 0 Å². The molecule has 0 saturated heterocycles. The summed E-state index contributed by atoms with van der Waals surface area (Å²) in [4.78, 5) is 13.6. The van der Waals surface area contributed by atoms with Crippen LogP contribution in [0.25, 0.3) is 0 Å². The van der Waals surface area contributed by atoms with Crippen LogP contribution in [0, 0.1) is 40.4 Å². The van der Waals surface area contributed by atoms with Crippen LogP contribution in [-0.4, -0.2) is 16.5 Å². The molecule has 0 amide bonds. The third kappa shape index (κ3) is 3.35. The number of carbonyl (C=O) groups is 1. The number of hydrogen-bond donors (Lipinski definition) is 1. The van der Waals surface area contributed by atoms with Crippen LogP contribution in [0.1, 0.15) is 101 Å². The highest BCUT2D eigenvalue weighted by Crippen LogP contribution is 2.68. The molecule has 5 rings (SSSR count). The van der Waals surface area contributed by atoms with Crippen LogP contribution in [0.15, 0.2) is 24.3 Å². The molecule has 1 N–H and O–H groups in total. The molecule has 0 heterocycles. The molecule has 1 aromatic carbocycles. The van der Waals surface area contributed by atoms with E-state index in [0.717, 1.165) is 43.1 Å². The molecule has 0 aliphatic heterocycles. The number of aliphatic hydroxyl groups is 1. The van der Waals surface area contributed by atoms with Gasteiger partial charge in [0, 0.05) is 11.5 Å². The average molecular weight is 423 g/mol. The molecule has 0 bridgehead atoms. The third-order valence-electron chi connectivity index (χ3n) is 10.9. The summed E-state index contributed by atoms with van der Waals surface area (Å²) in [7, 11) is 0. The Morgan fingerprint density at radius 3 is 2.32 bits per heavy atom. The average Bonchev–Trinajstić information content (AvgIpc) is 3.11. The zero-order valence-electron chi connectivity index (χ0n) is 20.1. The summed E-state index contributed by atoms with van der Waals surface area (Å²) < 4.78 is 0. The van der Waals surface area contributed by atoms with E-state index in [2.05, 4.69) is 52.0 Å². The van der Waals surface area contributed by atoms with Gasteiger partial charge in [-0.2, -0.15) is 0 Å². The molecule has 2 heteroatoms. The molecule has 0 spiro atoms. The molecule has 31 heavy (non-hydrogen) atoms. The van der Waals surface area contributed by atoms with Gasteiger partial charge in [-0.1, -0.05) is 45.0 Å². The van der Waals surface area contributed by atoms with Gasteiger partial charge in [0.1, 0.15) is 0 Å². The number of fused-ring (bicyclic) bond motifs is 5. The normalized spacial score (nSPS) is 46.7. The van der Waals surface area contributed by atoms with Gasteiger partial charge >= 0.3 is 0 Å². The topological polar surface area (TPSA) is 37.3 Å². The number of carbonyl (C=O) groups excluding carboxylic acids is 1. The van der Waals surface area contributed by atoms with Gasteiger partial charge in [-0.05, 0) is 111 Å². The Hall–Kier alpha value is -1.15. The van der Waals surface area contributed by atoms with Crippen LogP contribution in [0.5, 0.6) is 0 Å². The lowest BCUT2D eigenvalue weighted by atomic mass is 9.44. The minimum absolute atomic E-state index is 0.172. The van der Waals surface area contributed by atoms with Gasteiger partial charge in [0.2, 0.25) is 0 Å². The van der Waals surface area contributed by atoms with E-state index in [9.17, 15) is 9.90 Å². The van der Waals surface area contributed by atoms with Crippen molar-refractivity contribution < 1.29 is 9.90 Å². The SMILES string of the molecule is CCc1ccc(C(=O)[C@H]2CC[C@H]3[C@@H]4CC[C@H]5C[C@](C)(O)CC[C@]5(C)[C@H]4CC[C@]23C)cc1. The largest absolute Gasteiger partial charge is 0.390 e. The highest BCUT2D eigenvalue weighted by Gasteiger charge is 2.61. The summed E-state index contributed by atoms with van der Waals surface area (Å²) in [6, 6.07) is 8.42. The quantitative estimate of drug-likeness (QED) is 0.541. The zero-order chi connectivity index (χ0) is 22.0. The van der Waals surface area contributed by atoms with Gasteiger partial charge in [0.25, 0.3) is 0 Å². The van der Waals surface area contributed by atoms with E-state index in [1.54, 1.807) is 0 Å². The molecule has 170 valence electrons. The Balaban J connectivity index is 1.37. The van der Waals surface area contributed by atoms with Crippen LogP contribution in [0.2, 0.25) is 0 Å². The summed E-state index contributed by atoms with van der Waals surface area (Å²) in [5.74, 6) is 3.55. The van der Waals surface area contributed by atoms with Crippen LogP contribution in [-0.2, 0) is 6.42 Å². The van der Waals surface area contributed by atoms with Crippen molar-refractivity contribution in [3.8, 4) is 0 Å². The van der Waals surface area contributed by atoms with E-state index < -0.39 is 5.60 Å². The first-order valence-corrected chi connectivity index (χ1v) is 13.0. The molecule has 1 aromatic rings. The number of benzene rings is 1. The lowest BCUT2D eigenvalue weighted by Gasteiger charge is -2.61. The second-order valence-electron chi connectivity index (χ2n) is 12.4. The van der Waals surface area contributed by atoms with E-state index >= 15 is 0 Å². The fourth-order valence-electron chi connectivity index (χ4n) is 8.97. The van der Waals surface area contributed by atoms with E-state index in [4.69, 9.17) is 0 Å². The van der Waals surface area contributed by atoms with Crippen molar-refractivity contribution in [3.63, 3.8) is 0 Å². The van der Waals surface area contributed by atoms with Crippen molar-refractivity contribution >= 4 is 5.78 Å². The molecule has 0 unspecified atom stereocenters. The molecular weight excluding hydrogens is 380 g/mol. The van der Waals surface area contributed by atoms with Crippen molar-refractivity contribution in [3.05, 3.63) is 35.4 Å². The highest BCUT2D eigenvalue weighted by atomic mass is 16.3. The van der Waals surface area contributed by atoms with Crippen LogP contribution >= 0.6 is 0 Å². The Morgan fingerprint density at radius 1 is 0.903 bits per heavy atom. The Labute approximate surface area is 189 Å². The van der Waals surface area contributed by atoms with Crippen molar-refractivity contribution in [2.75, 3.05) is 0 Å². The molecule has 4 fully saturated rings. The molecule has 0 aromatic heterocycles. The fraction of sp³-hybridized carbons (Fsp3) is 0.759. The number of hydrogen-bond acceptors (Lipinski definition) is 2. The van der Waals surface area contributed by atoms with Crippen molar-refractivity contribution in [2.45, 2.75) is 97.5 Å². The van der Waals surface area contributed by atoms with Gasteiger partial charge in [-0.3, -0.25) is 4.79 Å². The predicted octanol–water partition coefficient (Wildman–Crippen LogP) is 6.84. The summed E-state index contributed by atoms with van der Waals surface area (Å²) in [6.07, 6.45) is 11.5. The number of Topliss-reactive ketones (excluding diaryl/α,β-unsaturated/α-hetero) is 1. The standard InChI is InChI=1S/C29H42O2/c1-5-19-6-8-20(9-7-19)26(30)25-13-12-23-22-11-10-21-18-27(2,31)16-17-28(21,3)24(22)14-15-29(23,25)4/h6-9,21-25,31H,5,10-18H2,1-4H3/t21-,22-,23-,24-,25+,27+,28-,29-/m0/s1. The first kappa shape index (κ1) is 21.7. The molecule has 4 aliphatic carbocycles. The fourth-order valence-corrected chi connectivity index (χ4v) is 8.97. The number of ketones is 1. The maximum atomic E-state index is 13.6. The van der Waals surface area contributed by atoms with Gasteiger partial charge < -0.3 is 5.11 Å². The lowest BCUT2D eigenvalue weighted by molar-refractivity contribution is -0.144. The van der Waals surface area contributed by atoms with Gasteiger partial charge in [-0.25, -0.2) is 0 Å². The van der Waals surface area contributed by atoms with Crippen LogP contribution in [0.3, 0.4) is 0 Å². The maximum absolute atomic E-state index is 13.6. The third-order valence-corrected chi connectivity index (χ3v) is 10.9. The van der Waals surface area contributed by atoms with Crippen molar-refractivity contribution in [2.24, 2.45) is 40.4 Å². The highest BCUT2D eigenvalue weighted by molar-refractivity contribution is 5.98. The second kappa shape index (κ2) is 7.44. The summed E-state index contributed by atoms with van der Waals surface area (Å²) >= 11 is 0. The maximum Gasteiger partial charge on any atom is 0.166 e. The molecule has 2 nitrogen and oxygen atoms in total. The minimum atomic E-state index is -0.460. The number of aryl methyl sites for hydroxylation is 1. The van der Waals surface area contributed by atoms with Crippen molar-refractivity contribution in [1.29, 1.82) is 0 Å². The van der Waals surface area contributed by atoms with E-state index in [-0.39, 0.29) is 11.3 Å². The first-order chi connectivity index (χ1) is 14.7. The predicted molar refractivity (Wildman–Crippen MR) is 126 cm³/mol. The molecule has 0 radical (unpaired) electrons. The minimum Gasteiger partial charge on any atom is -0.390 e. The summed E-state index contributed by atoms with van der Waals surface area (Å²) in [5.41, 5.74) is 2.34. The first-order valence-electron chi connectivity index (χ1n) is 13.0. The van der Waals surface area contributed by atoms with Gasteiger partial charge in [0.05, 0.1) is 5.60 Å². The van der Waals surface area contributed by atoms with E-state index in [1.807, 2.05) is 0 Å². The van der Waals surface area contributed by atoms with Crippen molar-refractivity contribution in [1.82, 2.24) is 0 Å². The Kier molecular flexibility index (Phi) is 5.20. The van der Waals surface area contributed by atoms with Crippen LogP contribution < -0.4 is 0 Å².